The van der Waals surface area contributed by atoms with Crippen LogP contribution in [0, 0.1) is 5.82 Å². The molecule has 3 heterocycles. The summed E-state index contributed by atoms with van der Waals surface area (Å²) in [6.07, 6.45) is 0. The van der Waals surface area contributed by atoms with Crippen LogP contribution in [-0.2, 0) is 6.54 Å². The third-order valence-corrected chi connectivity index (χ3v) is 6.98. The molecule has 0 radical (unpaired) electrons. The van der Waals surface area contributed by atoms with Gasteiger partial charge in [0.25, 0.3) is 11.5 Å². The summed E-state index contributed by atoms with van der Waals surface area (Å²) in [5.74, 6) is -0.379. The van der Waals surface area contributed by atoms with E-state index >= 15 is 0 Å². The maximum Gasteiger partial charge on any atom is 0.272 e. The summed E-state index contributed by atoms with van der Waals surface area (Å²) in [7, 11) is 0. The number of carbonyl (C=O) groups is 1. The van der Waals surface area contributed by atoms with Gasteiger partial charge in [-0.15, -0.1) is 0 Å². The molecule has 5 aromatic rings. The molecule has 1 aliphatic rings. The van der Waals surface area contributed by atoms with Crippen molar-refractivity contribution in [2.75, 3.05) is 31.1 Å². The Kier molecular flexibility index (Phi) is 5.88. The third kappa shape index (κ3) is 4.44. The van der Waals surface area contributed by atoms with Crippen molar-refractivity contribution in [2.24, 2.45) is 0 Å². The second-order valence-corrected chi connectivity index (χ2v) is 9.27. The first-order valence-electron chi connectivity index (χ1n) is 12.3. The lowest BCUT2D eigenvalue weighted by Crippen LogP contribution is -2.49. The second kappa shape index (κ2) is 9.50. The largest absolute Gasteiger partial charge is 0.367 e. The lowest BCUT2D eigenvalue weighted by molar-refractivity contribution is 0.0741. The lowest BCUT2D eigenvalue weighted by atomic mass is 10.1. The molecule has 0 bridgehead atoms. The molecule has 37 heavy (non-hydrogen) atoms. The summed E-state index contributed by atoms with van der Waals surface area (Å²) in [6, 6.07) is 27.2. The van der Waals surface area contributed by atoms with Crippen LogP contribution < -0.4 is 10.5 Å². The number of benzene rings is 3. The van der Waals surface area contributed by atoms with Gasteiger partial charge in [-0.1, -0.05) is 54.6 Å². The van der Waals surface area contributed by atoms with Crippen LogP contribution in [0.25, 0.3) is 21.8 Å². The average molecular weight is 493 g/mol. The van der Waals surface area contributed by atoms with E-state index in [9.17, 15) is 14.0 Å². The highest BCUT2D eigenvalue weighted by Gasteiger charge is 2.25. The molecule has 0 atom stereocenters. The minimum atomic E-state index is -0.301. The molecule has 1 saturated heterocycles. The average Bonchev–Trinajstić information content (AvgIpc) is 2.95. The first-order chi connectivity index (χ1) is 18.1. The van der Waals surface area contributed by atoms with E-state index in [4.69, 9.17) is 0 Å². The number of hydrogen-bond acceptors (Lipinski definition) is 4. The van der Waals surface area contributed by atoms with Gasteiger partial charge in [0.2, 0.25) is 0 Å². The maximum absolute atomic E-state index is 13.4. The van der Waals surface area contributed by atoms with Crippen molar-refractivity contribution in [3.63, 3.8) is 0 Å². The Hall–Kier alpha value is -4.52. The van der Waals surface area contributed by atoms with Gasteiger partial charge in [0.15, 0.2) is 0 Å². The van der Waals surface area contributed by atoms with Gasteiger partial charge in [-0.25, -0.2) is 9.37 Å². The molecule has 7 heteroatoms. The van der Waals surface area contributed by atoms with Crippen LogP contribution in [-0.4, -0.2) is 46.5 Å². The Balaban J connectivity index is 1.24. The maximum atomic E-state index is 13.4. The van der Waals surface area contributed by atoms with E-state index in [1.54, 1.807) is 28.8 Å². The number of nitrogens with zero attached hydrogens (tertiary/aromatic N) is 4. The summed E-state index contributed by atoms with van der Waals surface area (Å²) in [5.41, 5.74) is 3.69. The SMILES string of the molecule is O=C(c1ccc2ccccc2n1)N1CCN(c2cc(=O)n(Cc3ccc(F)cc3)c3ccccc23)CC1. The zero-order valence-corrected chi connectivity index (χ0v) is 20.2. The standard InChI is InChI=1S/C30H25FN4O2/c31-23-12-9-21(10-13-23)20-35-27-8-4-2-6-24(27)28(19-29(35)36)33-15-17-34(18-16-33)30(37)26-14-11-22-5-1-3-7-25(22)32-26/h1-14,19H,15-18,20H2. The zero-order chi connectivity index (χ0) is 25.4. The van der Waals surface area contributed by atoms with Crippen molar-refractivity contribution in [3.05, 3.63) is 118 Å². The summed E-state index contributed by atoms with van der Waals surface area (Å²) >= 11 is 0. The molecule has 6 nitrogen and oxygen atoms in total. The number of pyridine rings is 2. The summed E-state index contributed by atoms with van der Waals surface area (Å²) < 4.78 is 15.1. The molecular formula is C30H25FN4O2. The number of piperazine rings is 1. The number of halogens is 1. The van der Waals surface area contributed by atoms with Crippen LogP contribution in [0.15, 0.2) is 95.8 Å². The van der Waals surface area contributed by atoms with Gasteiger partial charge < -0.3 is 14.4 Å². The van der Waals surface area contributed by atoms with E-state index in [0.29, 0.717) is 38.4 Å². The van der Waals surface area contributed by atoms with Gasteiger partial charge in [0.05, 0.1) is 23.3 Å². The van der Waals surface area contributed by atoms with Gasteiger partial charge in [-0.05, 0) is 35.9 Å². The Labute approximate surface area is 213 Å². The molecule has 0 aliphatic carbocycles. The minimum absolute atomic E-state index is 0.0787. The van der Waals surface area contributed by atoms with Gasteiger partial charge >= 0.3 is 0 Å². The van der Waals surface area contributed by atoms with Crippen LogP contribution in [0.3, 0.4) is 0 Å². The summed E-state index contributed by atoms with van der Waals surface area (Å²) in [4.78, 5) is 34.9. The predicted molar refractivity (Wildman–Crippen MR) is 144 cm³/mol. The normalized spacial score (nSPS) is 13.9. The fourth-order valence-electron chi connectivity index (χ4n) is 5.01. The van der Waals surface area contributed by atoms with Crippen molar-refractivity contribution in [2.45, 2.75) is 6.54 Å². The van der Waals surface area contributed by atoms with Crippen LogP contribution in [0.4, 0.5) is 10.1 Å². The molecule has 6 rings (SSSR count). The molecule has 1 fully saturated rings. The van der Waals surface area contributed by atoms with E-state index < -0.39 is 0 Å². The molecular weight excluding hydrogens is 467 g/mol. The molecule has 3 aromatic carbocycles. The highest BCUT2D eigenvalue weighted by molar-refractivity contribution is 5.95. The molecule has 184 valence electrons. The Morgan fingerprint density at radius 3 is 2.38 bits per heavy atom. The Morgan fingerprint density at radius 2 is 1.57 bits per heavy atom. The molecule has 1 aliphatic heterocycles. The van der Waals surface area contributed by atoms with Crippen molar-refractivity contribution in [1.29, 1.82) is 0 Å². The number of amides is 1. The number of rotatable bonds is 4. The Bertz CT molecular complexity index is 1670. The van der Waals surface area contributed by atoms with E-state index in [1.165, 1.54) is 12.1 Å². The van der Waals surface area contributed by atoms with Gasteiger partial charge in [0, 0.05) is 43.0 Å². The van der Waals surface area contributed by atoms with Crippen molar-refractivity contribution >= 4 is 33.4 Å². The Morgan fingerprint density at radius 1 is 0.838 bits per heavy atom. The minimum Gasteiger partial charge on any atom is -0.367 e. The quantitative estimate of drug-likeness (QED) is 0.365. The van der Waals surface area contributed by atoms with Crippen LogP contribution in [0.2, 0.25) is 0 Å². The van der Waals surface area contributed by atoms with E-state index in [0.717, 1.165) is 33.1 Å². The highest BCUT2D eigenvalue weighted by atomic mass is 19.1. The van der Waals surface area contributed by atoms with Gasteiger partial charge in [-0.3, -0.25) is 9.59 Å². The molecule has 0 unspecified atom stereocenters. The zero-order valence-electron chi connectivity index (χ0n) is 20.2. The molecule has 0 spiro atoms. The smallest absolute Gasteiger partial charge is 0.272 e. The van der Waals surface area contributed by atoms with Crippen molar-refractivity contribution < 1.29 is 9.18 Å². The third-order valence-electron chi connectivity index (χ3n) is 6.98. The van der Waals surface area contributed by atoms with E-state index in [-0.39, 0.29) is 17.3 Å². The predicted octanol–water partition coefficient (Wildman–Crippen LogP) is 4.70. The molecule has 1 amide bonds. The molecule has 0 N–H and O–H groups in total. The van der Waals surface area contributed by atoms with E-state index in [1.807, 2.05) is 59.5 Å². The van der Waals surface area contributed by atoms with E-state index in [2.05, 4.69) is 9.88 Å². The number of aromatic nitrogens is 2. The molecule has 0 saturated carbocycles. The number of para-hydroxylation sites is 2. The lowest BCUT2D eigenvalue weighted by Gasteiger charge is -2.36. The van der Waals surface area contributed by atoms with Gasteiger partial charge in [0.1, 0.15) is 11.5 Å². The number of carbonyl (C=O) groups excluding carboxylic acids is 1. The van der Waals surface area contributed by atoms with Gasteiger partial charge in [-0.2, -0.15) is 0 Å². The topological polar surface area (TPSA) is 58.4 Å². The summed E-state index contributed by atoms with van der Waals surface area (Å²) in [5, 5.41) is 1.98. The summed E-state index contributed by atoms with van der Waals surface area (Å²) in [6.45, 7) is 2.68. The molecule has 2 aromatic heterocycles. The fraction of sp³-hybridized carbons (Fsp3) is 0.167. The van der Waals surface area contributed by atoms with Crippen LogP contribution in [0.5, 0.6) is 0 Å². The van der Waals surface area contributed by atoms with Crippen molar-refractivity contribution in [3.8, 4) is 0 Å². The van der Waals surface area contributed by atoms with Crippen molar-refractivity contribution in [1.82, 2.24) is 14.5 Å². The monoisotopic (exact) mass is 492 g/mol. The van der Waals surface area contributed by atoms with Crippen LogP contribution >= 0.6 is 0 Å². The number of anilines is 1. The first-order valence-corrected chi connectivity index (χ1v) is 12.3. The first kappa shape index (κ1) is 22.9. The number of hydrogen-bond donors (Lipinski definition) is 0. The highest BCUT2D eigenvalue weighted by Crippen LogP contribution is 2.27. The number of fused-ring (bicyclic) bond motifs is 2. The fourth-order valence-corrected chi connectivity index (χ4v) is 5.01. The second-order valence-electron chi connectivity index (χ2n) is 9.27. The van der Waals surface area contributed by atoms with Crippen LogP contribution in [0.1, 0.15) is 16.1 Å².